The Kier molecular flexibility index (Phi) is 4.34. The fourth-order valence-electron chi connectivity index (χ4n) is 2.25. The van der Waals surface area contributed by atoms with Gasteiger partial charge in [0.2, 0.25) is 0 Å². The Morgan fingerprint density at radius 3 is 2.53 bits per heavy atom. The smallest absolute Gasteiger partial charge is 0.0467 e. The van der Waals surface area contributed by atoms with E-state index in [1.807, 2.05) is 37.3 Å². The van der Waals surface area contributed by atoms with Crippen molar-refractivity contribution in [1.29, 1.82) is 0 Å². The first-order valence-corrected chi connectivity index (χ1v) is 7.36. The average Bonchev–Trinajstić information content (AvgIpc) is 2.31. The zero-order valence-corrected chi connectivity index (χ0v) is 13.4. The molecule has 1 unspecified atom stereocenters. The van der Waals surface area contributed by atoms with E-state index in [4.69, 9.17) is 17.3 Å². The van der Waals surface area contributed by atoms with Gasteiger partial charge in [-0.2, -0.15) is 0 Å². The van der Waals surface area contributed by atoms with Crippen molar-refractivity contribution in [2.45, 2.75) is 25.8 Å². The van der Waals surface area contributed by atoms with Gasteiger partial charge >= 0.3 is 0 Å². The second-order valence-corrected chi connectivity index (χ2v) is 6.47. The van der Waals surface area contributed by atoms with Gasteiger partial charge in [-0.3, -0.25) is 0 Å². The van der Waals surface area contributed by atoms with Crippen molar-refractivity contribution >= 4 is 27.5 Å². The highest BCUT2D eigenvalue weighted by Crippen LogP contribution is 2.31. The fraction of sp³-hybridized carbons (Fsp3) is 0.250. The minimum Gasteiger partial charge on any atom is -0.321 e. The summed E-state index contributed by atoms with van der Waals surface area (Å²) >= 11 is 9.73. The first-order valence-electron chi connectivity index (χ1n) is 6.19. The predicted molar refractivity (Wildman–Crippen MR) is 85.6 cm³/mol. The average molecular weight is 339 g/mol. The maximum atomic E-state index is 6.49. The van der Waals surface area contributed by atoms with Crippen LogP contribution in [0.3, 0.4) is 0 Å². The third kappa shape index (κ3) is 3.38. The normalized spacial score (nSPS) is 14.2. The lowest BCUT2D eigenvalue weighted by Gasteiger charge is -2.27. The number of halogens is 2. The van der Waals surface area contributed by atoms with Gasteiger partial charge in [-0.15, -0.1) is 0 Å². The van der Waals surface area contributed by atoms with E-state index in [0.717, 1.165) is 16.5 Å². The molecule has 0 aliphatic heterocycles. The molecular formula is C16H17BrClN. The lowest BCUT2D eigenvalue weighted by Crippen LogP contribution is -2.36. The second-order valence-electron chi connectivity index (χ2n) is 5.14. The van der Waals surface area contributed by atoms with E-state index in [-0.39, 0.29) is 0 Å². The van der Waals surface area contributed by atoms with E-state index in [1.54, 1.807) is 0 Å². The predicted octanol–water partition coefficient (Wildman–Crippen LogP) is 4.83. The molecule has 1 atom stereocenters. The SMILES string of the molecule is Cc1ccccc1CC(C)(N)c1ccc(Br)cc1Cl. The molecule has 0 saturated carbocycles. The fourth-order valence-corrected chi connectivity index (χ4v) is 3.14. The third-order valence-electron chi connectivity index (χ3n) is 3.37. The topological polar surface area (TPSA) is 26.0 Å². The zero-order valence-electron chi connectivity index (χ0n) is 11.1. The summed E-state index contributed by atoms with van der Waals surface area (Å²) in [5.74, 6) is 0. The van der Waals surface area contributed by atoms with Crippen molar-refractivity contribution in [3.05, 3.63) is 68.7 Å². The molecule has 2 aromatic rings. The minimum absolute atomic E-state index is 0.482. The quantitative estimate of drug-likeness (QED) is 0.852. The van der Waals surface area contributed by atoms with E-state index >= 15 is 0 Å². The van der Waals surface area contributed by atoms with Crippen molar-refractivity contribution in [3.8, 4) is 0 Å². The Morgan fingerprint density at radius 2 is 1.89 bits per heavy atom. The molecule has 0 aromatic heterocycles. The van der Waals surface area contributed by atoms with Gasteiger partial charge in [-0.1, -0.05) is 57.9 Å². The van der Waals surface area contributed by atoms with Crippen LogP contribution < -0.4 is 5.73 Å². The van der Waals surface area contributed by atoms with Crippen molar-refractivity contribution in [2.75, 3.05) is 0 Å². The number of rotatable bonds is 3. The lowest BCUT2D eigenvalue weighted by molar-refractivity contribution is 0.490. The van der Waals surface area contributed by atoms with Crippen LogP contribution in [0.15, 0.2) is 46.9 Å². The van der Waals surface area contributed by atoms with Crippen LogP contribution in [0.25, 0.3) is 0 Å². The standard InChI is InChI=1S/C16H17BrClN/c1-11-5-3-4-6-12(11)10-16(2,19)14-8-7-13(17)9-15(14)18/h3-9H,10,19H2,1-2H3. The minimum atomic E-state index is -0.482. The van der Waals surface area contributed by atoms with Crippen LogP contribution in [0.2, 0.25) is 5.02 Å². The highest BCUT2D eigenvalue weighted by atomic mass is 79.9. The van der Waals surface area contributed by atoms with Crippen LogP contribution in [-0.2, 0) is 12.0 Å². The van der Waals surface area contributed by atoms with Crippen molar-refractivity contribution < 1.29 is 0 Å². The molecular weight excluding hydrogens is 322 g/mol. The highest BCUT2D eigenvalue weighted by Gasteiger charge is 2.25. The molecule has 0 aliphatic rings. The van der Waals surface area contributed by atoms with Crippen LogP contribution in [0.5, 0.6) is 0 Å². The Morgan fingerprint density at radius 1 is 1.21 bits per heavy atom. The summed E-state index contributed by atoms with van der Waals surface area (Å²) in [6.45, 7) is 4.13. The van der Waals surface area contributed by atoms with Gasteiger partial charge in [0.1, 0.15) is 0 Å². The summed E-state index contributed by atoms with van der Waals surface area (Å²) in [6, 6.07) is 14.2. The van der Waals surface area contributed by atoms with E-state index < -0.39 is 5.54 Å². The Balaban J connectivity index is 2.35. The molecule has 0 fully saturated rings. The number of hydrogen-bond acceptors (Lipinski definition) is 1. The van der Waals surface area contributed by atoms with Gasteiger partial charge in [0, 0.05) is 15.0 Å². The summed E-state index contributed by atoms with van der Waals surface area (Å²) in [4.78, 5) is 0. The summed E-state index contributed by atoms with van der Waals surface area (Å²) in [7, 11) is 0. The molecule has 0 radical (unpaired) electrons. The third-order valence-corrected chi connectivity index (χ3v) is 4.17. The van der Waals surface area contributed by atoms with Crippen LogP contribution in [0.1, 0.15) is 23.6 Å². The first kappa shape index (κ1) is 14.6. The van der Waals surface area contributed by atoms with Crippen LogP contribution >= 0.6 is 27.5 Å². The molecule has 0 bridgehead atoms. The van der Waals surface area contributed by atoms with Gasteiger partial charge < -0.3 is 5.73 Å². The van der Waals surface area contributed by atoms with Crippen molar-refractivity contribution in [3.63, 3.8) is 0 Å². The van der Waals surface area contributed by atoms with E-state index in [0.29, 0.717) is 5.02 Å². The first-order chi connectivity index (χ1) is 8.90. The maximum absolute atomic E-state index is 6.49. The van der Waals surface area contributed by atoms with Crippen LogP contribution in [0.4, 0.5) is 0 Å². The molecule has 1 nitrogen and oxygen atoms in total. The molecule has 2 rings (SSSR count). The molecule has 0 saturated heterocycles. The maximum Gasteiger partial charge on any atom is 0.0467 e. The number of nitrogens with two attached hydrogens (primary N) is 1. The molecule has 2 N–H and O–H groups in total. The summed E-state index contributed by atoms with van der Waals surface area (Å²) in [6.07, 6.45) is 0.765. The monoisotopic (exact) mass is 337 g/mol. The molecule has 0 aliphatic carbocycles. The molecule has 2 aromatic carbocycles. The number of hydrogen-bond donors (Lipinski definition) is 1. The summed E-state index contributed by atoms with van der Waals surface area (Å²) in [5.41, 5.74) is 9.49. The molecule has 0 amide bonds. The number of benzene rings is 2. The zero-order chi connectivity index (χ0) is 14.0. The number of aryl methyl sites for hydroxylation is 1. The Labute approximate surface area is 127 Å². The highest BCUT2D eigenvalue weighted by molar-refractivity contribution is 9.10. The lowest BCUT2D eigenvalue weighted by atomic mass is 9.85. The molecule has 100 valence electrons. The molecule has 3 heteroatoms. The van der Waals surface area contributed by atoms with Crippen molar-refractivity contribution in [2.24, 2.45) is 5.73 Å². The van der Waals surface area contributed by atoms with Crippen LogP contribution in [-0.4, -0.2) is 0 Å². The largest absolute Gasteiger partial charge is 0.321 e. The van der Waals surface area contributed by atoms with E-state index in [9.17, 15) is 0 Å². The molecule has 0 spiro atoms. The van der Waals surface area contributed by atoms with Gasteiger partial charge in [0.25, 0.3) is 0 Å². The van der Waals surface area contributed by atoms with Crippen LogP contribution in [0, 0.1) is 6.92 Å². The van der Waals surface area contributed by atoms with Gasteiger partial charge in [0.05, 0.1) is 0 Å². The summed E-state index contributed by atoms with van der Waals surface area (Å²) in [5, 5.41) is 0.702. The van der Waals surface area contributed by atoms with Crippen molar-refractivity contribution in [1.82, 2.24) is 0 Å². The van der Waals surface area contributed by atoms with Gasteiger partial charge in [-0.25, -0.2) is 0 Å². The Hall–Kier alpha value is -0.830. The van der Waals surface area contributed by atoms with E-state index in [1.165, 1.54) is 11.1 Å². The molecule has 0 heterocycles. The Bertz CT molecular complexity index is 593. The van der Waals surface area contributed by atoms with E-state index in [2.05, 4.69) is 35.0 Å². The van der Waals surface area contributed by atoms with Gasteiger partial charge in [-0.05, 0) is 49.1 Å². The van der Waals surface area contributed by atoms with Gasteiger partial charge in [0.15, 0.2) is 0 Å². The molecule has 19 heavy (non-hydrogen) atoms. The summed E-state index contributed by atoms with van der Waals surface area (Å²) < 4.78 is 0.966. The second kappa shape index (κ2) is 5.66.